The van der Waals surface area contributed by atoms with Gasteiger partial charge in [-0.3, -0.25) is 14.6 Å². The number of nitrogens with zero attached hydrogens (tertiary/aromatic N) is 4. The smallest absolute Gasteiger partial charge is 0.0736 e. The highest BCUT2D eigenvalue weighted by atomic mass is 16.5. The van der Waals surface area contributed by atoms with Crippen LogP contribution in [0.25, 0.3) is 0 Å². The summed E-state index contributed by atoms with van der Waals surface area (Å²) in [5, 5.41) is 4.75. The van der Waals surface area contributed by atoms with E-state index in [1.807, 2.05) is 24.0 Å². The summed E-state index contributed by atoms with van der Waals surface area (Å²) in [6.07, 6.45) is 5.90. The Bertz CT molecular complexity index is 596. The van der Waals surface area contributed by atoms with Crippen LogP contribution in [-0.2, 0) is 24.4 Å². The molecular formula is C17H24N4O. The van der Waals surface area contributed by atoms with Crippen LogP contribution < -0.4 is 0 Å². The van der Waals surface area contributed by atoms with Crippen LogP contribution in [0.4, 0.5) is 0 Å². The van der Waals surface area contributed by atoms with Crippen LogP contribution >= 0.6 is 0 Å². The van der Waals surface area contributed by atoms with Gasteiger partial charge < -0.3 is 4.74 Å². The zero-order valence-corrected chi connectivity index (χ0v) is 13.4. The molecule has 2 aromatic rings. The van der Waals surface area contributed by atoms with E-state index in [9.17, 15) is 0 Å². The Morgan fingerprint density at radius 2 is 2.09 bits per heavy atom. The van der Waals surface area contributed by atoms with E-state index in [1.165, 1.54) is 16.8 Å². The fourth-order valence-corrected chi connectivity index (χ4v) is 3.07. The Balaban J connectivity index is 1.77. The average Bonchev–Trinajstić information content (AvgIpc) is 2.97. The summed E-state index contributed by atoms with van der Waals surface area (Å²) in [6.45, 7) is 9.49. The van der Waals surface area contributed by atoms with Gasteiger partial charge in [0.2, 0.25) is 0 Å². The third-order valence-corrected chi connectivity index (χ3v) is 4.13. The summed E-state index contributed by atoms with van der Waals surface area (Å²) >= 11 is 0. The van der Waals surface area contributed by atoms with Crippen molar-refractivity contribution in [2.75, 3.05) is 19.8 Å². The predicted molar refractivity (Wildman–Crippen MR) is 85.5 cm³/mol. The molecule has 5 nitrogen and oxygen atoms in total. The molecule has 118 valence electrons. The summed E-state index contributed by atoms with van der Waals surface area (Å²) in [6, 6.07) is 4.17. The molecule has 0 saturated carbocycles. The second-order valence-electron chi connectivity index (χ2n) is 5.78. The monoisotopic (exact) mass is 300 g/mol. The number of fused-ring (bicyclic) bond motifs is 1. The number of pyridine rings is 1. The van der Waals surface area contributed by atoms with Gasteiger partial charge in [0.05, 0.1) is 12.3 Å². The van der Waals surface area contributed by atoms with Crippen LogP contribution in [0.2, 0.25) is 0 Å². The standard InChI is InChI=1S/C17H24N4O/c1-3-21-12-15-10-20(9-14-5-7-18-8-6-14)11-16(13-22-4-2)17(15)19-21/h5-8,12,16H,3-4,9-11,13H2,1-2H3. The van der Waals surface area contributed by atoms with E-state index in [-0.39, 0.29) is 0 Å². The maximum atomic E-state index is 5.69. The lowest BCUT2D eigenvalue weighted by atomic mass is 9.97. The Hall–Kier alpha value is -1.72. The van der Waals surface area contributed by atoms with Crippen molar-refractivity contribution in [1.29, 1.82) is 0 Å². The van der Waals surface area contributed by atoms with E-state index in [1.54, 1.807) is 0 Å². The van der Waals surface area contributed by atoms with E-state index in [2.05, 4.69) is 35.1 Å². The van der Waals surface area contributed by atoms with E-state index >= 15 is 0 Å². The molecule has 0 radical (unpaired) electrons. The first-order valence-corrected chi connectivity index (χ1v) is 8.05. The summed E-state index contributed by atoms with van der Waals surface area (Å²) in [5.41, 5.74) is 3.87. The fourth-order valence-electron chi connectivity index (χ4n) is 3.07. The van der Waals surface area contributed by atoms with Crippen LogP contribution in [-0.4, -0.2) is 39.4 Å². The molecule has 0 fully saturated rings. The molecule has 22 heavy (non-hydrogen) atoms. The number of hydrogen-bond acceptors (Lipinski definition) is 4. The van der Waals surface area contributed by atoms with Crippen LogP contribution in [0, 0.1) is 0 Å². The van der Waals surface area contributed by atoms with Crippen LogP contribution in [0.15, 0.2) is 30.7 Å². The van der Waals surface area contributed by atoms with Gasteiger partial charge in [-0.2, -0.15) is 5.10 Å². The fraction of sp³-hybridized carbons (Fsp3) is 0.529. The first-order chi connectivity index (χ1) is 10.8. The molecule has 1 unspecified atom stereocenters. The number of ether oxygens (including phenoxy) is 1. The molecule has 0 spiro atoms. The molecule has 1 aliphatic heterocycles. The Morgan fingerprint density at radius 1 is 1.27 bits per heavy atom. The number of aromatic nitrogens is 3. The third kappa shape index (κ3) is 3.36. The molecule has 0 amide bonds. The molecular weight excluding hydrogens is 276 g/mol. The van der Waals surface area contributed by atoms with Gasteiger partial charge in [0.1, 0.15) is 0 Å². The Kier molecular flexibility index (Phi) is 4.85. The van der Waals surface area contributed by atoms with Crippen molar-refractivity contribution in [1.82, 2.24) is 19.7 Å². The highest BCUT2D eigenvalue weighted by Crippen LogP contribution is 2.28. The van der Waals surface area contributed by atoms with Gasteiger partial charge in [-0.1, -0.05) is 0 Å². The van der Waals surface area contributed by atoms with Crippen molar-refractivity contribution >= 4 is 0 Å². The molecule has 1 atom stereocenters. The van der Waals surface area contributed by atoms with Gasteiger partial charge in [-0.05, 0) is 31.5 Å². The van der Waals surface area contributed by atoms with Gasteiger partial charge in [-0.15, -0.1) is 0 Å². The SMILES string of the molecule is CCOCC1CN(Cc2ccncc2)Cc2cn(CC)nc21. The Morgan fingerprint density at radius 3 is 2.82 bits per heavy atom. The maximum Gasteiger partial charge on any atom is 0.0736 e. The largest absolute Gasteiger partial charge is 0.381 e. The molecule has 2 aromatic heterocycles. The number of rotatable bonds is 6. The molecule has 3 rings (SSSR count). The van der Waals surface area contributed by atoms with Crippen molar-refractivity contribution in [2.24, 2.45) is 0 Å². The summed E-state index contributed by atoms with van der Waals surface area (Å²) < 4.78 is 7.73. The molecule has 5 heteroatoms. The van der Waals surface area contributed by atoms with Crippen molar-refractivity contribution < 1.29 is 4.74 Å². The van der Waals surface area contributed by atoms with E-state index < -0.39 is 0 Å². The zero-order chi connectivity index (χ0) is 15.4. The van der Waals surface area contributed by atoms with E-state index in [0.29, 0.717) is 5.92 Å². The van der Waals surface area contributed by atoms with E-state index in [4.69, 9.17) is 9.84 Å². The lowest BCUT2D eigenvalue weighted by molar-refractivity contribution is 0.104. The molecule has 0 N–H and O–H groups in total. The first kappa shape index (κ1) is 15.2. The van der Waals surface area contributed by atoms with Gasteiger partial charge in [0.15, 0.2) is 0 Å². The van der Waals surface area contributed by atoms with Gasteiger partial charge in [0, 0.05) is 62.9 Å². The number of hydrogen-bond donors (Lipinski definition) is 0. The lowest BCUT2D eigenvalue weighted by Gasteiger charge is -2.31. The molecule has 0 bridgehead atoms. The second kappa shape index (κ2) is 7.03. The van der Waals surface area contributed by atoms with Gasteiger partial charge >= 0.3 is 0 Å². The van der Waals surface area contributed by atoms with Gasteiger partial charge in [-0.25, -0.2) is 0 Å². The minimum absolute atomic E-state index is 0.360. The highest BCUT2D eigenvalue weighted by molar-refractivity contribution is 5.25. The van der Waals surface area contributed by atoms with Crippen LogP contribution in [0.5, 0.6) is 0 Å². The second-order valence-corrected chi connectivity index (χ2v) is 5.78. The maximum absolute atomic E-state index is 5.69. The average molecular weight is 300 g/mol. The summed E-state index contributed by atoms with van der Waals surface area (Å²) in [5.74, 6) is 0.360. The predicted octanol–water partition coefficient (Wildman–Crippen LogP) is 2.43. The van der Waals surface area contributed by atoms with Crippen molar-refractivity contribution in [3.63, 3.8) is 0 Å². The van der Waals surface area contributed by atoms with Crippen LogP contribution in [0.1, 0.15) is 36.6 Å². The quantitative estimate of drug-likeness (QED) is 0.822. The summed E-state index contributed by atoms with van der Waals surface area (Å²) in [4.78, 5) is 6.57. The summed E-state index contributed by atoms with van der Waals surface area (Å²) in [7, 11) is 0. The van der Waals surface area contributed by atoms with Crippen molar-refractivity contribution in [3.8, 4) is 0 Å². The highest BCUT2D eigenvalue weighted by Gasteiger charge is 2.28. The number of aryl methyl sites for hydroxylation is 1. The molecule has 1 aliphatic rings. The lowest BCUT2D eigenvalue weighted by Crippen LogP contribution is -2.34. The molecule has 0 aromatic carbocycles. The molecule has 3 heterocycles. The van der Waals surface area contributed by atoms with Crippen molar-refractivity contribution in [3.05, 3.63) is 47.5 Å². The topological polar surface area (TPSA) is 43.2 Å². The third-order valence-electron chi connectivity index (χ3n) is 4.13. The minimum atomic E-state index is 0.360. The first-order valence-electron chi connectivity index (χ1n) is 8.05. The van der Waals surface area contributed by atoms with Gasteiger partial charge in [0.25, 0.3) is 0 Å². The van der Waals surface area contributed by atoms with Crippen LogP contribution in [0.3, 0.4) is 0 Å². The molecule has 0 saturated heterocycles. The minimum Gasteiger partial charge on any atom is -0.381 e. The Labute approximate surface area is 131 Å². The van der Waals surface area contributed by atoms with E-state index in [0.717, 1.165) is 39.4 Å². The zero-order valence-electron chi connectivity index (χ0n) is 13.4. The normalized spacial score (nSPS) is 18.4. The molecule has 0 aliphatic carbocycles. The van der Waals surface area contributed by atoms with Crippen molar-refractivity contribution in [2.45, 2.75) is 39.4 Å².